The molecule has 2 atom stereocenters. The monoisotopic (exact) mass is 250 g/mol. The van der Waals surface area contributed by atoms with Gasteiger partial charge in [-0.25, -0.2) is 0 Å². The van der Waals surface area contributed by atoms with Gasteiger partial charge in [-0.3, -0.25) is 4.79 Å². The number of thiophene rings is 1. The first-order chi connectivity index (χ1) is 8.22. The maximum Gasteiger partial charge on any atom is 0.237 e. The van der Waals surface area contributed by atoms with Crippen molar-refractivity contribution in [2.75, 3.05) is 0 Å². The number of rotatable bonds is 6. The molecular formula is C13H18N2OS. The number of nitrogens with one attached hydrogen (secondary N) is 1. The van der Waals surface area contributed by atoms with Crippen molar-refractivity contribution in [1.29, 1.82) is 5.26 Å². The van der Waals surface area contributed by atoms with Crippen LogP contribution in [0.4, 0.5) is 0 Å². The molecule has 0 saturated heterocycles. The number of carbonyl (C=O) groups excluding carboxylic acids is 1. The molecule has 0 aliphatic rings. The Morgan fingerprint density at radius 3 is 2.82 bits per heavy atom. The van der Waals surface area contributed by atoms with E-state index in [0.29, 0.717) is 6.42 Å². The maximum atomic E-state index is 11.9. The van der Waals surface area contributed by atoms with Crippen LogP contribution in [0.15, 0.2) is 17.5 Å². The molecule has 1 amide bonds. The van der Waals surface area contributed by atoms with Crippen LogP contribution in [0.25, 0.3) is 0 Å². The molecule has 0 bridgehead atoms. The third kappa shape index (κ3) is 3.86. The number of hydrogen-bond acceptors (Lipinski definition) is 3. The molecule has 2 unspecified atom stereocenters. The predicted octanol–water partition coefficient (Wildman–Crippen LogP) is 3.26. The summed E-state index contributed by atoms with van der Waals surface area (Å²) in [7, 11) is 0. The zero-order chi connectivity index (χ0) is 12.7. The van der Waals surface area contributed by atoms with E-state index in [2.05, 4.69) is 12.2 Å². The highest BCUT2D eigenvalue weighted by Gasteiger charge is 2.20. The highest BCUT2D eigenvalue weighted by atomic mass is 32.1. The molecule has 4 heteroatoms. The number of nitrogens with zero attached hydrogens (tertiary/aromatic N) is 1. The lowest BCUT2D eigenvalue weighted by molar-refractivity contribution is -0.124. The molecule has 0 fully saturated rings. The Bertz CT molecular complexity index is 381. The smallest absolute Gasteiger partial charge is 0.237 e. The summed E-state index contributed by atoms with van der Waals surface area (Å²) in [5, 5.41) is 13.8. The van der Waals surface area contributed by atoms with E-state index in [9.17, 15) is 4.79 Å². The lowest BCUT2D eigenvalue weighted by Gasteiger charge is -2.18. The Kier molecular flexibility index (Phi) is 5.71. The Labute approximate surface area is 106 Å². The molecule has 17 heavy (non-hydrogen) atoms. The lowest BCUT2D eigenvalue weighted by atomic mass is 10.1. The quantitative estimate of drug-likeness (QED) is 0.842. The van der Waals surface area contributed by atoms with Crippen LogP contribution < -0.4 is 5.32 Å². The van der Waals surface area contributed by atoms with Crippen molar-refractivity contribution in [2.45, 2.75) is 39.2 Å². The van der Waals surface area contributed by atoms with Crippen molar-refractivity contribution in [2.24, 2.45) is 5.92 Å². The number of carbonyl (C=O) groups is 1. The standard InChI is InChI=1S/C13H18N2OS/c1-3-6-11(12-7-5-8-17-12)15-13(16)10(4-2)9-14/h5,7-8,10-11H,3-4,6H2,1-2H3,(H,15,16). The molecule has 0 radical (unpaired) electrons. The molecule has 1 heterocycles. The number of nitriles is 1. The zero-order valence-electron chi connectivity index (χ0n) is 10.3. The summed E-state index contributed by atoms with van der Waals surface area (Å²) in [6.45, 7) is 3.95. The van der Waals surface area contributed by atoms with Crippen LogP contribution in [0.5, 0.6) is 0 Å². The first-order valence-corrected chi connectivity index (χ1v) is 6.84. The first-order valence-electron chi connectivity index (χ1n) is 5.96. The molecule has 1 rings (SSSR count). The van der Waals surface area contributed by atoms with Gasteiger partial charge in [0.2, 0.25) is 5.91 Å². The van der Waals surface area contributed by atoms with Gasteiger partial charge in [0.1, 0.15) is 5.92 Å². The van der Waals surface area contributed by atoms with Gasteiger partial charge in [-0.2, -0.15) is 5.26 Å². The summed E-state index contributed by atoms with van der Waals surface area (Å²) < 4.78 is 0. The minimum absolute atomic E-state index is 0.0508. The van der Waals surface area contributed by atoms with E-state index in [-0.39, 0.29) is 11.9 Å². The normalized spacial score (nSPS) is 13.7. The van der Waals surface area contributed by atoms with Crippen LogP contribution >= 0.6 is 11.3 Å². The molecule has 0 saturated carbocycles. The minimum atomic E-state index is -0.533. The van der Waals surface area contributed by atoms with Gasteiger partial charge >= 0.3 is 0 Å². The maximum absolute atomic E-state index is 11.9. The highest BCUT2D eigenvalue weighted by molar-refractivity contribution is 7.10. The average molecular weight is 250 g/mol. The van der Waals surface area contributed by atoms with Crippen molar-refractivity contribution >= 4 is 17.2 Å². The van der Waals surface area contributed by atoms with Gasteiger partial charge in [-0.15, -0.1) is 11.3 Å². The van der Waals surface area contributed by atoms with E-state index >= 15 is 0 Å². The SMILES string of the molecule is CCCC(NC(=O)C(C#N)CC)c1cccs1. The fourth-order valence-corrected chi connectivity index (χ4v) is 2.48. The van der Waals surface area contributed by atoms with Crippen molar-refractivity contribution in [3.8, 4) is 6.07 Å². The Morgan fingerprint density at radius 1 is 1.59 bits per heavy atom. The highest BCUT2D eigenvalue weighted by Crippen LogP contribution is 2.23. The second kappa shape index (κ2) is 7.08. The molecule has 1 N–H and O–H groups in total. The largest absolute Gasteiger partial charge is 0.347 e. The van der Waals surface area contributed by atoms with Gasteiger partial charge in [0, 0.05) is 4.88 Å². The van der Waals surface area contributed by atoms with Crippen LogP contribution in [-0.4, -0.2) is 5.91 Å². The lowest BCUT2D eigenvalue weighted by Crippen LogP contribution is -2.32. The molecule has 3 nitrogen and oxygen atoms in total. The Balaban J connectivity index is 2.68. The van der Waals surface area contributed by atoms with Crippen LogP contribution in [-0.2, 0) is 4.79 Å². The summed E-state index contributed by atoms with van der Waals surface area (Å²) in [6.07, 6.45) is 2.48. The molecule has 0 spiro atoms. The van der Waals surface area contributed by atoms with E-state index in [1.54, 1.807) is 11.3 Å². The molecular weight excluding hydrogens is 232 g/mol. The van der Waals surface area contributed by atoms with Crippen LogP contribution in [0.3, 0.4) is 0 Å². The second-order valence-corrected chi connectivity index (χ2v) is 4.93. The van der Waals surface area contributed by atoms with Gasteiger partial charge in [-0.1, -0.05) is 26.3 Å². The summed E-state index contributed by atoms with van der Waals surface area (Å²) in [4.78, 5) is 13.0. The predicted molar refractivity (Wildman–Crippen MR) is 69.5 cm³/mol. The summed E-state index contributed by atoms with van der Waals surface area (Å²) in [6, 6.07) is 6.10. The van der Waals surface area contributed by atoms with Gasteiger partial charge in [0.25, 0.3) is 0 Å². The Morgan fingerprint density at radius 2 is 2.35 bits per heavy atom. The van der Waals surface area contributed by atoms with Gasteiger partial charge in [0.15, 0.2) is 0 Å². The third-order valence-electron chi connectivity index (χ3n) is 2.66. The number of amides is 1. The van der Waals surface area contributed by atoms with E-state index in [1.807, 2.05) is 30.5 Å². The summed E-state index contributed by atoms with van der Waals surface area (Å²) in [5.74, 6) is -0.684. The molecule has 92 valence electrons. The van der Waals surface area contributed by atoms with Crippen molar-refractivity contribution in [3.63, 3.8) is 0 Å². The van der Waals surface area contributed by atoms with Crippen LogP contribution in [0.2, 0.25) is 0 Å². The van der Waals surface area contributed by atoms with Crippen LogP contribution in [0, 0.1) is 17.2 Å². The molecule has 1 aromatic heterocycles. The zero-order valence-corrected chi connectivity index (χ0v) is 11.1. The minimum Gasteiger partial charge on any atom is -0.347 e. The molecule has 0 aliphatic carbocycles. The molecule has 0 aliphatic heterocycles. The fourth-order valence-electron chi connectivity index (χ4n) is 1.67. The van der Waals surface area contributed by atoms with E-state index in [0.717, 1.165) is 17.7 Å². The fraction of sp³-hybridized carbons (Fsp3) is 0.538. The van der Waals surface area contributed by atoms with E-state index in [4.69, 9.17) is 5.26 Å². The number of hydrogen-bond donors (Lipinski definition) is 1. The summed E-state index contributed by atoms with van der Waals surface area (Å²) in [5.41, 5.74) is 0. The van der Waals surface area contributed by atoms with Gasteiger partial charge < -0.3 is 5.32 Å². The van der Waals surface area contributed by atoms with Crippen molar-refractivity contribution in [3.05, 3.63) is 22.4 Å². The third-order valence-corrected chi connectivity index (χ3v) is 3.65. The van der Waals surface area contributed by atoms with E-state index in [1.165, 1.54) is 0 Å². The van der Waals surface area contributed by atoms with E-state index < -0.39 is 5.92 Å². The average Bonchev–Trinajstić information content (AvgIpc) is 2.83. The molecule has 0 aromatic carbocycles. The molecule has 1 aromatic rings. The summed E-state index contributed by atoms with van der Waals surface area (Å²) >= 11 is 1.64. The first kappa shape index (κ1) is 13.7. The van der Waals surface area contributed by atoms with Crippen molar-refractivity contribution in [1.82, 2.24) is 5.32 Å². The second-order valence-electron chi connectivity index (χ2n) is 3.96. The van der Waals surface area contributed by atoms with Crippen molar-refractivity contribution < 1.29 is 4.79 Å². The van der Waals surface area contributed by atoms with Gasteiger partial charge in [-0.05, 0) is 24.3 Å². The topological polar surface area (TPSA) is 52.9 Å². The van der Waals surface area contributed by atoms with Crippen LogP contribution in [0.1, 0.15) is 44.0 Å². The van der Waals surface area contributed by atoms with Gasteiger partial charge in [0.05, 0.1) is 12.1 Å². The Hall–Kier alpha value is -1.34.